The van der Waals surface area contributed by atoms with Crippen LogP contribution in [0.15, 0.2) is 24.3 Å². The number of hydrogen-bond donors (Lipinski definition) is 1. The summed E-state index contributed by atoms with van der Waals surface area (Å²) in [5.41, 5.74) is 5.97. The highest BCUT2D eigenvalue weighted by Gasteiger charge is 2.34. The molecule has 2 N–H and O–H groups in total. The Morgan fingerprint density at radius 3 is 2.59 bits per heavy atom. The van der Waals surface area contributed by atoms with Crippen molar-refractivity contribution in [3.05, 3.63) is 35.4 Å². The molecule has 1 aromatic rings. The topological polar surface area (TPSA) is 29.3 Å². The van der Waals surface area contributed by atoms with E-state index in [0.29, 0.717) is 5.56 Å². The third kappa shape index (κ3) is 2.45. The van der Waals surface area contributed by atoms with Gasteiger partial charge in [-0.1, -0.05) is 12.1 Å². The summed E-state index contributed by atoms with van der Waals surface area (Å²) in [5, 5.41) is 0. The van der Waals surface area contributed by atoms with Crippen molar-refractivity contribution in [2.75, 3.05) is 13.6 Å². The van der Waals surface area contributed by atoms with Gasteiger partial charge in [0.15, 0.2) is 0 Å². The first-order chi connectivity index (χ1) is 7.89. The van der Waals surface area contributed by atoms with Crippen molar-refractivity contribution < 1.29 is 13.2 Å². The quantitative estimate of drug-likeness (QED) is 0.822. The minimum absolute atomic E-state index is 0.0940. The molecule has 0 radical (unpaired) electrons. The van der Waals surface area contributed by atoms with Crippen LogP contribution in [0.4, 0.5) is 13.2 Å². The highest BCUT2D eigenvalue weighted by molar-refractivity contribution is 5.29. The van der Waals surface area contributed by atoms with E-state index >= 15 is 0 Å². The lowest BCUT2D eigenvalue weighted by Crippen LogP contribution is -2.29. The number of hydrogen-bond acceptors (Lipinski definition) is 2. The van der Waals surface area contributed by atoms with Gasteiger partial charge >= 0.3 is 6.18 Å². The summed E-state index contributed by atoms with van der Waals surface area (Å²) >= 11 is 0. The van der Waals surface area contributed by atoms with Crippen LogP contribution >= 0.6 is 0 Å². The van der Waals surface area contributed by atoms with Gasteiger partial charge in [0.05, 0.1) is 5.56 Å². The molecule has 0 aliphatic carbocycles. The second-order valence-corrected chi connectivity index (χ2v) is 4.50. The van der Waals surface area contributed by atoms with Crippen molar-refractivity contribution in [3.63, 3.8) is 0 Å². The fourth-order valence-electron chi connectivity index (χ4n) is 2.38. The molecule has 2 unspecified atom stereocenters. The molecule has 94 valence electrons. The largest absolute Gasteiger partial charge is 0.416 e. The van der Waals surface area contributed by atoms with Crippen LogP contribution in [-0.4, -0.2) is 24.5 Å². The van der Waals surface area contributed by atoms with Crippen molar-refractivity contribution >= 4 is 0 Å². The first kappa shape index (κ1) is 12.4. The van der Waals surface area contributed by atoms with Gasteiger partial charge in [-0.2, -0.15) is 13.2 Å². The van der Waals surface area contributed by atoms with Crippen LogP contribution in [-0.2, 0) is 6.18 Å². The zero-order valence-electron chi connectivity index (χ0n) is 9.54. The molecule has 17 heavy (non-hydrogen) atoms. The molecular formula is C12H15F3N2. The number of halogens is 3. The van der Waals surface area contributed by atoms with Crippen molar-refractivity contribution in [1.29, 1.82) is 0 Å². The maximum Gasteiger partial charge on any atom is 0.416 e. The molecule has 1 aliphatic rings. The Labute approximate surface area is 98.2 Å². The third-order valence-corrected chi connectivity index (χ3v) is 3.25. The molecule has 0 saturated carbocycles. The number of alkyl halides is 3. The smallest absolute Gasteiger partial charge is 0.326 e. The Hall–Kier alpha value is -1.07. The van der Waals surface area contributed by atoms with Crippen LogP contribution in [0.25, 0.3) is 0 Å². The van der Waals surface area contributed by atoms with Gasteiger partial charge in [-0.3, -0.25) is 4.90 Å². The van der Waals surface area contributed by atoms with Crippen LogP contribution in [0, 0.1) is 0 Å². The van der Waals surface area contributed by atoms with Crippen molar-refractivity contribution in [2.45, 2.75) is 24.7 Å². The fraction of sp³-hybridized carbons (Fsp3) is 0.500. The number of nitrogens with two attached hydrogens (primary N) is 1. The summed E-state index contributed by atoms with van der Waals surface area (Å²) in [5.74, 6) is 0. The third-order valence-electron chi connectivity index (χ3n) is 3.25. The van der Waals surface area contributed by atoms with Crippen LogP contribution < -0.4 is 5.73 Å². The van der Waals surface area contributed by atoms with E-state index in [0.717, 1.165) is 19.0 Å². The van der Waals surface area contributed by atoms with Gasteiger partial charge in [-0.25, -0.2) is 0 Å². The first-order valence-electron chi connectivity index (χ1n) is 5.52. The predicted molar refractivity (Wildman–Crippen MR) is 59.4 cm³/mol. The Balaban J connectivity index is 2.33. The maximum atomic E-state index is 12.6. The average Bonchev–Trinajstić information content (AvgIpc) is 2.57. The number of nitrogens with zero attached hydrogens (tertiary/aromatic N) is 1. The zero-order chi connectivity index (χ0) is 12.6. The van der Waals surface area contributed by atoms with Crippen molar-refractivity contribution in [1.82, 2.24) is 4.90 Å². The molecule has 5 heteroatoms. The molecule has 2 rings (SSSR count). The molecule has 1 aliphatic heterocycles. The molecule has 2 nitrogen and oxygen atoms in total. The van der Waals surface area contributed by atoms with Gasteiger partial charge in [0.25, 0.3) is 0 Å². The normalized spacial score (nSPS) is 26.4. The molecular weight excluding hydrogens is 229 g/mol. The monoisotopic (exact) mass is 244 g/mol. The van der Waals surface area contributed by atoms with Gasteiger partial charge in [-0.15, -0.1) is 0 Å². The number of likely N-dealkylation sites (N-methyl/N-ethyl adjacent to an activating group) is 1. The van der Waals surface area contributed by atoms with E-state index in [1.54, 1.807) is 6.07 Å². The van der Waals surface area contributed by atoms with E-state index in [4.69, 9.17) is 5.73 Å². The van der Waals surface area contributed by atoms with Gasteiger partial charge in [0.2, 0.25) is 0 Å². The standard InChI is InChI=1S/C12H15F3N2/c1-17-6-5-10(16)11(17)8-3-2-4-9(7-8)12(13,14)15/h2-4,7,10-11H,5-6,16H2,1H3. The SMILES string of the molecule is CN1CCC(N)C1c1cccc(C(F)(F)F)c1. The Morgan fingerprint density at radius 1 is 1.35 bits per heavy atom. The zero-order valence-corrected chi connectivity index (χ0v) is 9.54. The van der Waals surface area contributed by atoms with Crippen LogP contribution in [0.1, 0.15) is 23.6 Å². The predicted octanol–water partition coefficient (Wildman–Crippen LogP) is 2.41. The Morgan fingerprint density at radius 2 is 2.06 bits per heavy atom. The van der Waals surface area contributed by atoms with Gasteiger partial charge in [0, 0.05) is 18.6 Å². The van der Waals surface area contributed by atoms with Gasteiger partial charge in [0.1, 0.15) is 0 Å². The second-order valence-electron chi connectivity index (χ2n) is 4.50. The summed E-state index contributed by atoms with van der Waals surface area (Å²) in [7, 11) is 1.89. The number of benzene rings is 1. The van der Waals surface area contributed by atoms with E-state index in [1.807, 2.05) is 11.9 Å². The molecule has 0 bridgehead atoms. The molecule has 0 amide bonds. The summed E-state index contributed by atoms with van der Waals surface area (Å²) in [6.45, 7) is 0.822. The molecule has 1 saturated heterocycles. The van der Waals surface area contributed by atoms with Crippen LogP contribution in [0.5, 0.6) is 0 Å². The highest BCUT2D eigenvalue weighted by atomic mass is 19.4. The lowest BCUT2D eigenvalue weighted by molar-refractivity contribution is -0.137. The van der Waals surface area contributed by atoms with E-state index < -0.39 is 11.7 Å². The fourth-order valence-corrected chi connectivity index (χ4v) is 2.38. The molecule has 1 heterocycles. The summed E-state index contributed by atoms with van der Waals surface area (Å²) < 4.78 is 37.8. The average molecular weight is 244 g/mol. The Kier molecular flexibility index (Phi) is 3.14. The van der Waals surface area contributed by atoms with Gasteiger partial charge in [-0.05, 0) is 31.2 Å². The minimum atomic E-state index is -4.29. The second kappa shape index (κ2) is 4.31. The number of likely N-dealkylation sites (tertiary alicyclic amines) is 1. The van der Waals surface area contributed by atoms with Crippen LogP contribution in [0.3, 0.4) is 0 Å². The molecule has 0 aromatic heterocycles. The van der Waals surface area contributed by atoms with Crippen molar-refractivity contribution in [3.8, 4) is 0 Å². The molecule has 1 fully saturated rings. The van der Waals surface area contributed by atoms with E-state index in [1.165, 1.54) is 12.1 Å². The highest BCUT2D eigenvalue weighted by Crippen LogP contribution is 2.34. The van der Waals surface area contributed by atoms with E-state index in [2.05, 4.69) is 0 Å². The van der Waals surface area contributed by atoms with E-state index in [-0.39, 0.29) is 12.1 Å². The lowest BCUT2D eigenvalue weighted by atomic mass is 9.99. The number of rotatable bonds is 1. The molecule has 0 spiro atoms. The van der Waals surface area contributed by atoms with Crippen molar-refractivity contribution in [2.24, 2.45) is 5.73 Å². The lowest BCUT2D eigenvalue weighted by Gasteiger charge is -2.24. The van der Waals surface area contributed by atoms with Gasteiger partial charge < -0.3 is 5.73 Å². The summed E-state index contributed by atoms with van der Waals surface area (Å²) in [6.07, 6.45) is -3.48. The first-order valence-corrected chi connectivity index (χ1v) is 5.52. The molecule has 2 atom stereocenters. The summed E-state index contributed by atoms with van der Waals surface area (Å²) in [4.78, 5) is 2.00. The van der Waals surface area contributed by atoms with Crippen LogP contribution in [0.2, 0.25) is 0 Å². The molecule has 1 aromatic carbocycles. The maximum absolute atomic E-state index is 12.6. The van der Waals surface area contributed by atoms with E-state index in [9.17, 15) is 13.2 Å². The Bertz CT molecular complexity index is 393. The summed E-state index contributed by atoms with van der Waals surface area (Å²) in [6, 6.07) is 5.23. The minimum Gasteiger partial charge on any atom is -0.326 e.